The van der Waals surface area contributed by atoms with Gasteiger partial charge in [-0.1, -0.05) is 25.0 Å². The van der Waals surface area contributed by atoms with Gasteiger partial charge < -0.3 is 15.5 Å². The van der Waals surface area contributed by atoms with Crippen LogP contribution in [0.3, 0.4) is 0 Å². The molecule has 0 saturated heterocycles. The third-order valence-corrected chi connectivity index (χ3v) is 4.21. The number of aliphatic hydroxyl groups is 1. The SMILES string of the molecule is O=C(O)C1CC=CCC1C(=O)NCC1(O)CCCC1. The van der Waals surface area contributed by atoms with Gasteiger partial charge in [-0.3, -0.25) is 9.59 Å². The summed E-state index contributed by atoms with van der Waals surface area (Å²) in [5, 5.41) is 22.0. The average Bonchev–Trinajstić information content (AvgIpc) is 2.83. The molecule has 0 bridgehead atoms. The number of carboxylic acids is 1. The molecule has 1 saturated carbocycles. The number of carbonyl (C=O) groups is 2. The van der Waals surface area contributed by atoms with E-state index in [0.29, 0.717) is 25.7 Å². The number of rotatable bonds is 4. The molecule has 0 heterocycles. The number of aliphatic carboxylic acids is 1. The first-order valence-electron chi connectivity index (χ1n) is 6.90. The van der Waals surface area contributed by atoms with Crippen molar-refractivity contribution in [2.24, 2.45) is 11.8 Å². The van der Waals surface area contributed by atoms with E-state index in [1.807, 2.05) is 12.2 Å². The van der Waals surface area contributed by atoms with Gasteiger partial charge in [0.1, 0.15) is 0 Å². The normalized spacial score (nSPS) is 29.1. The molecule has 5 heteroatoms. The summed E-state index contributed by atoms with van der Waals surface area (Å²) in [6.07, 6.45) is 7.91. The van der Waals surface area contributed by atoms with E-state index in [1.54, 1.807) is 0 Å². The number of nitrogens with one attached hydrogen (secondary N) is 1. The Labute approximate surface area is 112 Å². The predicted molar refractivity (Wildman–Crippen MR) is 69.4 cm³/mol. The predicted octanol–water partition coefficient (Wildman–Crippen LogP) is 1.07. The summed E-state index contributed by atoms with van der Waals surface area (Å²) in [6, 6.07) is 0. The molecular formula is C14H21NO4. The molecule has 5 nitrogen and oxygen atoms in total. The number of carboxylic acid groups (broad SMARTS) is 1. The molecule has 106 valence electrons. The molecule has 2 aliphatic rings. The summed E-state index contributed by atoms with van der Waals surface area (Å²) in [5.74, 6) is -2.35. The molecule has 0 spiro atoms. The number of hydrogen-bond donors (Lipinski definition) is 3. The summed E-state index contributed by atoms with van der Waals surface area (Å²) in [5.41, 5.74) is -0.793. The van der Waals surface area contributed by atoms with E-state index in [2.05, 4.69) is 5.32 Å². The fraction of sp³-hybridized carbons (Fsp3) is 0.714. The minimum Gasteiger partial charge on any atom is -0.481 e. The highest BCUT2D eigenvalue weighted by molar-refractivity contribution is 5.85. The Morgan fingerprint density at radius 2 is 1.74 bits per heavy atom. The standard InChI is InChI=1S/C14H21NO4/c16-12(15-9-14(19)7-3-4-8-14)10-5-1-2-6-11(10)13(17)18/h1-2,10-11,19H,3-9H2,(H,15,16)(H,17,18). The van der Waals surface area contributed by atoms with Crippen molar-refractivity contribution in [1.82, 2.24) is 5.32 Å². The summed E-state index contributed by atoms with van der Waals surface area (Å²) >= 11 is 0. The largest absolute Gasteiger partial charge is 0.481 e. The molecule has 2 atom stereocenters. The summed E-state index contributed by atoms with van der Waals surface area (Å²) in [4.78, 5) is 23.2. The monoisotopic (exact) mass is 267 g/mol. The Hall–Kier alpha value is -1.36. The highest BCUT2D eigenvalue weighted by Gasteiger charge is 2.36. The van der Waals surface area contributed by atoms with Gasteiger partial charge in [-0.25, -0.2) is 0 Å². The van der Waals surface area contributed by atoms with Crippen LogP contribution < -0.4 is 5.32 Å². The molecule has 1 fully saturated rings. The fourth-order valence-corrected chi connectivity index (χ4v) is 2.97. The van der Waals surface area contributed by atoms with Crippen molar-refractivity contribution < 1.29 is 19.8 Å². The Balaban J connectivity index is 1.91. The molecule has 2 aliphatic carbocycles. The number of carbonyl (C=O) groups excluding carboxylic acids is 1. The maximum atomic E-state index is 12.1. The Bertz CT molecular complexity index is 385. The van der Waals surface area contributed by atoms with Gasteiger partial charge in [0.25, 0.3) is 0 Å². The molecule has 0 aromatic heterocycles. The average molecular weight is 267 g/mol. The van der Waals surface area contributed by atoms with Crippen molar-refractivity contribution in [2.75, 3.05) is 6.54 Å². The van der Waals surface area contributed by atoms with Crippen molar-refractivity contribution in [3.8, 4) is 0 Å². The van der Waals surface area contributed by atoms with E-state index in [1.165, 1.54) is 0 Å². The smallest absolute Gasteiger partial charge is 0.307 e. The first-order valence-corrected chi connectivity index (χ1v) is 6.90. The van der Waals surface area contributed by atoms with Crippen molar-refractivity contribution in [3.63, 3.8) is 0 Å². The molecule has 2 unspecified atom stereocenters. The molecular weight excluding hydrogens is 246 g/mol. The Kier molecular flexibility index (Phi) is 4.24. The van der Waals surface area contributed by atoms with Gasteiger partial charge in [0.05, 0.1) is 17.4 Å². The number of hydrogen-bond acceptors (Lipinski definition) is 3. The van der Waals surface area contributed by atoms with Gasteiger partial charge in [0, 0.05) is 6.54 Å². The van der Waals surface area contributed by atoms with Crippen LogP contribution in [0.2, 0.25) is 0 Å². The van der Waals surface area contributed by atoms with Crippen LogP contribution in [0, 0.1) is 11.8 Å². The second kappa shape index (κ2) is 5.74. The van der Waals surface area contributed by atoms with Gasteiger partial charge in [0.2, 0.25) is 5.91 Å². The van der Waals surface area contributed by atoms with Crippen molar-refractivity contribution >= 4 is 11.9 Å². The molecule has 19 heavy (non-hydrogen) atoms. The molecule has 0 radical (unpaired) electrons. The zero-order valence-corrected chi connectivity index (χ0v) is 11.0. The van der Waals surface area contributed by atoms with E-state index >= 15 is 0 Å². The summed E-state index contributed by atoms with van der Waals surface area (Å²) in [6.45, 7) is 0.235. The van der Waals surface area contributed by atoms with E-state index in [4.69, 9.17) is 5.11 Å². The third-order valence-electron chi connectivity index (χ3n) is 4.21. The van der Waals surface area contributed by atoms with Crippen molar-refractivity contribution in [3.05, 3.63) is 12.2 Å². The minimum absolute atomic E-state index is 0.235. The van der Waals surface area contributed by atoms with Gasteiger partial charge in [-0.05, 0) is 25.7 Å². The van der Waals surface area contributed by atoms with Gasteiger partial charge in [-0.2, -0.15) is 0 Å². The molecule has 0 aliphatic heterocycles. The minimum atomic E-state index is -0.927. The van der Waals surface area contributed by atoms with E-state index < -0.39 is 23.4 Å². The maximum absolute atomic E-state index is 12.1. The lowest BCUT2D eigenvalue weighted by atomic mass is 9.82. The van der Waals surface area contributed by atoms with E-state index in [-0.39, 0.29) is 12.5 Å². The second-order valence-electron chi connectivity index (χ2n) is 5.64. The topological polar surface area (TPSA) is 86.6 Å². The third kappa shape index (κ3) is 3.35. The van der Waals surface area contributed by atoms with Crippen LogP contribution >= 0.6 is 0 Å². The van der Waals surface area contributed by atoms with Crippen molar-refractivity contribution in [1.29, 1.82) is 0 Å². The quantitative estimate of drug-likeness (QED) is 0.665. The second-order valence-corrected chi connectivity index (χ2v) is 5.64. The lowest BCUT2D eigenvalue weighted by molar-refractivity contribution is -0.147. The van der Waals surface area contributed by atoms with Gasteiger partial charge >= 0.3 is 5.97 Å². The number of amides is 1. The first-order chi connectivity index (χ1) is 9.02. The fourth-order valence-electron chi connectivity index (χ4n) is 2.97. The molecule has 0 aromatic rings. The highest BCUT2D eigenvalue weighted by Crippen LogP contribution is 2.30. The Morgan fingerprint density at radius 3 is 2.32 bits per heavy atom. The lowest BCUT2D eigenvalue weighted by Gasteiger charge is -2.27. The highest BCUT2D eigenvalue weighted by atomic mass is 16.4. The zero-order chi connectivity index (χ0) is 13.9. The van der Waals surface area contributed by atoms with Crippen LogP contribution in [0.4, 0.5) is 0 Å². The summed E-state index contributed by atoms with van der Waals surface area (Å²) < 4.78 is 0. The summed E-state index contributed by atoms with van der Waals surface area (Å²) in [7, 11) is 0. The Morgan fingerprint density at radius 1 is 1.16 bits per heavy atom. The molecule has 0 aromatic carbocycles. The van der Waals surface area contributed by atoms with Crippen LogP contribution in [0.5, 0.6) is 0 Å². The van der Waals surface area contributed by atoms with Crippen LogP contribution in [0.25, 0.3) is 0 Å². The van der Waals surface area contributed by atoms with E-state index in [0.717, 1.165) is 12.8 Å². The lowest BCUT2D eigenvalue weighted by Crippen LogP contribution is -2.45. The first kappa shape index (κ1) is 14.1. The van der Waals surface area contributed by atoms with Crippen LogP contribution in [0.15, 0.2) is 12.2 Å². The zero-order valence-electron chi connectivity index (χ0n) is 11.0. The number of allylic oxidation sites excluding steroid dienone is 2. The van der Waals surface area contributed by atoms with E-state index in [9.17, 15) is 14.7 Å². The maximum Gasteiger partial charge on any atom is 0.307 e. The van der Waals surface area contributed by atoms with Crippen molar-refractivity contribution in [2.45, 2.75) is 44.1 Å². The van der Waals surface area contributed by atoms with Gasteiger partial charge in [-0.15, -0.1) is 0 Å². The van der Waals surface area contributed by atoms with Crippen LogP contribution in [-0.4, -0.2) is 34.2 Å². The van der Waals surface area contributed by atoms with Gasteiger partial charge in [0.15, 0.2) is 0 Å². The molecule has 3 N–H and O–H groups in total. The molecule has 2 rings (SSSR count). The van der Waals surface area contributed by atoms with Crippen LogP contribution in [0.1, 0.15) is 38.5 Å². The van der Waals surface area contributed by atoms with Crippen LogP contribution in [-0.2, 0) is 9.59 Å². The molecule has 1 amide bonds.